The van der Waals surface area contributed by atoms with Gasteiger partial charge in [0.1, 0.15) is 17.3 Å². The molecule has 0 spiro atoms. The molecule has 1 saturated heterocycles. The van der Waals surface area contributed by atoms with Crippen molar-refractivity contribution in [2.24, 2.45) is 0 Å². The van der Waals surface area contributed by atoms with Gasteiger partial charge in [-0.05, 0) is 36.6 Å². The second kappa shape index (κ2) is 10.1. The van der Waals surface area contributed by atoms with Crippen LogP contribution in [0.3, 0.4) is 0 Å². The predicted molar refractivity (Wildman–Crippen MR) is 155 cm³/mol. The maximum Gasteiger partial charge on any atom is 0.355 e. The quantitative estimate of drug-likeness (QED) is 0.316. The van der Waals surface area contributed by atoms with Crippen molar-refractivity contribution in [3.05, 3.63) is 64.1 Å². The summed E-state index contributed by atoms with van der Waals surface area (Å²) in [5, 5.41) is 3.16. The maximum atomic E-state index is 16.0. The molecule has 1 aromatic carbocycles. The number of hydrogen-bond donors (Lipinski definition) is 2. The van der Waals surface area contributed by atoms with Crippen molar-refractivity contribution < 1.29 is 13.2 Å². The summed E-state index contributed by atoms with van der Waals surface area (Å²) >= 11 is 1.26. The largest absolute Gasteiger partial charge is 0.375 e. The standard InChI is InChI=1S/C28H27F3N8OS/c1-14(2)20-23(15(3)7-8-34-20)39-25-17(24(37-27(39)40)38-10-9-33-12-28(30,31)13-38)11-18(29)21(35-25)16-5-4-6-19-22(16)36-26(32)41-19/h4-8,11,14,33H,9-10,12-13H2,1-3H3,(H2,32,36). The minimum atomic E-state index is -3.09. The Labute approximate surface area is 236 Å². The van der Waals surface area contributed by atoms with E-state index in [9.17, 15) is 13.6 Å². The molecule has 212 valence electrons. The zero-order valence-corrected chi connectivity index (χ0v) is 23.4. The number of rotatable bonds is 4. The average molecular weight is 581 g/mol. The highest BCUT2D eigenvalue weighted by Gasteiger charge is 2.35. The van der Waals surface area contributed by atoms with Crippen LogP contribution < -0.4 is 21.6 Å². The van der Waals surface area contributed by atoms with Crippen molar-refractivity contribution in [2.45, 2.75) is 32.6 Å². The molecule has 0 radical (unpaired) electrons. The summed E-state index contributed by atoms with van der Waals surface area (Å²) in [5.74, 6) is -3.92. The second-order valence-corrected chi connectivity index (χ2v) is 11.5. The number of halogens is 3. The zero-order valence-electron chi connectivity index (χ0n) is 22.6. The highest BCUT2D eigenvalue weighted by Crippen LogP contribution is 2.36. The van der Waals surface area contributed by atoms with Gasteiger partial charge >= 0.3 is 5.69 Å². The molecule has 4 aromatic heterocycles. The third kappa shape index (κ3) is 4.78. The van der Waals surface area contributed by atoms with Gasteiger partial charge in [0.25, 0.3) is 5.92 Å². The molecule has 5 aromatic rings. The van der Waals surface area contributed by atoms with E-state index in [0.29, 0.717) is 27.6 Å². The number of hydrogen-bond acceptors (Lipinski definition) is 9. The minimum absolute atomic E-state index is 0.0470. The van der Waals surface area contributed by atoms with Crippen molar-refractivity contribution in [3.8, 4) is 16.9 Å². The fourth-order valence-electron chi connectivity index (χ4n) is 5.26. The number of fused-ring (bicyclic) bond motifs is 2. The van der Waals surface area contributed by atoms with Crippen LogP contribution in [0.4, 0.5) is 24.1 Å². The molecule has 0 aliphatic carbocycles. The Kier molecular flexibility index (Phi) is 6.65. The molecule has 5 heterocycles. The smallest absolute Gasteiger partial charge is 0.355 e. The van der Waals surface area contributed by atoms with Gasteiger partial charge in [0.05, 0.1) is 40.1 Å². The van der Waals surface area contributed by atoms with E-state index in [0.717, 1.165) is 10.3 Å². The predicted octanol–water partition coefficient (Wildman–Crippen LogP) is 4.65. The number of thiazole rings is 1. The van der Waals surface area contributed by atoms with Gasteiger partial charge in [-0.25, -0.2) is 32.5 Å². The number of alkyl halides is 2. The summed E-state index contributed by atoms with van der Waals surface area (Å²) in [5.41, 5.74) is 7.94. The van der Waals surface area contributed by atoms with Crippen molar-refractivity contribution in [3.63, 3.8) is 0 Å². The second-order valence-electron chi connectivity index (χ2n) is 10.4. The molecule has 3 N–H and O–H groups in total. The van der Waals surface area contributed by atoms with E-state index in [2.05, 4.69) is 20.3 Å². The molecule has 9 nitrogen and oxygen atoms in total. The Morgan fingerprint density at radius 1 is 1.17 bits per heavy atom. The van der Waals surface area contributed by atoms with E-state index in [1.165, 1.54) is 26.9 Å². The number of benzene rings is 1. The Balaban J connectivity index is 1.71. The summed E-state index contributed by atoms with van der Waals surface area (Å²) in [6, 6.07) is 8.23. The highest BCUT2D eigenvalue weighted by atomic mass is 32.1. The summed E-state index contributed by atoms with van der Waals surface area (Å²) in [7, 11) is 0. The SMILES string of the molecule is Cc1ccnc(C(C)C)c1-n1c(=O)nc(N2CCNCC(F)(F)C2)c2cc(F)c(-c3cccc4sc(N)nc34)nc21. The van der Waals surface area contributed by atoms with Gasteiger partial charge in [0, 0.05) is 24.8 Å². The molecule has 1 aliphatic rings. The third-order valence-corrected chi connectivity index (χ3v) is 7.93. The van der Waals surface area contributed by atoms with Crippen molar-refractivity contribution >= 4 is 43.5 Å². The van der Waals surface area contributed by atoms with Gasteiger partial charge in [0.15, 0.2) is 10.8 Å². The van der Waals surface area contributed by atoms with E-state index in [4.69, 9.17) is 10.7 Å². The molecule has 0 amide bonds. The molecule has 13 heteroatoms. The first-order chi connectivity index (χ1) is 19.5. The molecule has 0 saturated carbocycles. The lowest BCUT2D eigenvalue weighted by molar-refractivity contribution is 0.0156. The van der Waals surface area contributed by atoms with E-state index < -0.39 is 30.5 Å². The Morgan fingerprint density at radius 3 is 2.76 bits per heavy atom. The monoisotopic (exact) mass is 580 g/mol. The van der Waals surface area contributed by atoms with Crippen LogP contribution in [0, 0.1) is 12.7 Å². The molecular formula is C28H27F3N8OS. The lowest BCUT2D eigenvalue weighted by Crippen LogP contribution is -2.40. The first-order valence-electron chi connectivity index (χ1n) is 13.1. The normalized spacial score (nSPS) is 15.6. The lowest BCUT2D eigenvalue weighted by atomic mass is 10.0. The lowest BCUT2D eigenvalue weighted by Gasteiger charge is -2.26. The third-order valence-electron chi connectivity index (χ3n) is 7.08. The average Bonchev–Trinajstić information content (AvgIpc) is 3.20. The zero-order chi connectivity index (χ0) is 29.1. The summed E-state index contributed by atoms with van der Waals surface area (Å²) in [6.45, 7) is 4.90. The number of nitrogens with zero attached hydrogens (tertiary/aromatic N) is 6. The first kappa shape index (κ1) is 27.1. The number of pyridine rings is 2. The van der Waals surface area contributed by atoms with Gasteiger partial charge in [-0.1, -0.05) is 37.3 Å². The molecule has 6 rings (SSSR count). The number of anilines is 2. The number of aromatic nitrogens is 5. The summed E-state index contributed by atoms with van der Waals surface area (Å²) < 4.78 is 47.3. The first-order valence-corrected chi connectivity index (χ1v) is 13.9. The van der Waals surface area contributed by atoms with Crippen LogP contribution in [0.1, 0.15) is 31.0 Å². The Hall–Kier alpha value is -4.10. The molecular weight excluding hydrogens is 553 g/mol. The maximum absolute atomic E-state index is 16.0. The van der Waals surface area contributed by atoms with E-state index >= 15 is 4.39 Å². The number of aryl methyl sites for hydroxylation is 1. The topological polar surface area (TPSA) is 115 Å². The Bertz CT molecular complexity index is 1870. The van der Waals surface area contributed by atoms with E-state index in [1.807, 2.05) is 26.8 Å². The number of nitrogens with one attached hydrogen (secondary N) is 1. The van der Waals surface area contributed by atoms with Crippen LogP contribution >= 0.6 is 11.3 Å². The fourth-order valence-corrected chi connectivity index (χ4v) is 6.02. The van der Waals surface area contributed by atoms with Gasteiger partial charge < -0.3 is 16.0 Å². The van der Waals surface area contributed by atoms with Crippen LogP contribution in [0.5, 0.6) is 0 Å². The van der Waals surface area contributed by atoms with Crippen LogP contribution in [0.25, 0.3) is 38.2 Å². The molecule has 41 heavy (non-hydrogen) atoms. The molecule has 1 fully saturated rings. The fraction of sp³-hybridized carbons (Fsp3) is 0.321. The highest BCUT2D eigenvalue weighted by molar-refractivity contribution is 7.22. The minimum Gasteiger partial charge on any atom is -0.375 e. The van der Waals surface area contributed by atoms with Crippen molar-refractivity contribution in [1.82, 2.24) is 29.8 Å². The van der Waals surface area contributed by atoms with Gasteiger partial charge in [0.2, 0.25) is 0 Å². The molecule has 0 unspecified atom stereocenters. The molecule has 0 atom stereocenters. The van der Waals surface area contributed by atoms with Gasteiger partial charge in [-0.2, -0.15) is 4.98 Å². The molecule has 0 bridgehead atoms. The summed E-state index contributed by atoms with van der Waals surface area (Å²) in [6.07, 6.45) is 1.65. The van der Waals surface area contributed by atoms with Gasteiger partial charge in [-0.15, -0.1) is 0 Å². The van der Waals surface area contributed by atoms with E-state index in [1.54, 1.807) is 24.4 Å². The Morgan fingerprint density at radius 2 is 1.98 bits per heavy atom. The van der Waals surface area contributed by atoms with Gasteiger partial charge in [-0.3, -0.25) is 4.98 Å². The number of nitrogens with two attached hydrogens (primary N) is 1. The van der Waals surface area contributed by atoms with Crippen LogP contribution in [0.15, 0.2) is 41.3 Å². The summed E-state index contributed by atoms with van der Waals surface area (Å²) in [4.78, 5) is 33.0. The number of para-hydroxylation sites is 1. The van der Waals surface area contributed by atoms with Crippen molar-refractivity contribution in [1.29, 1.82) is 0 Å². The van der Waals surface area contributed by atoms with Crippen LogP contribution in [0.2, 0.25) is 0 Å². The van der Waals surface area contributed by atoms with Crippen LogP contribution in [-0.4, -0.2) is 56.6 Å². The number of nitrogen functional groups attached to an aromatic ring is 1. The van der Waals surface area contributed by atoms with Crippen molar-refractivity contribution in [2.75, 3.05) is 36.8 Å². The van der Waals surface area contributed by atoms with E-state index in [-0.39, 0.29) is 41.6 Å². The molecule has 1 aliphatic heterocycles. The van der Waals surface area contributed by atoms with Crippen LogP contribution in [-0.2, 0) is 0 Å².